The van der Waals surface area contributed by atoms with Gasteiger partial charge in [0.25, 0.3) is 0 Å². The van der Waals surface area contributed by atoms with Gasteiger partial charge in [-0.25, -0.2) is 19.6 Å². The Labute approximate surface area is 381 Å². The molecule has 2 aromatic carbocycles. The predicted octanol–water partition coefficient (Wildman–Crippen LogP) is 8.76. The number of hydrogen-bond acceptors (Lipinski definition) is 8. The van der Waals surface area contributed by atoms with Gasteiger partial charge >= 0.3 is 12.2 Å². The molecule has 4 N–H and O–H groups in total. The zero-order chi connectivity index (χ0) is 45.3. The van der Waals surface area contributed by atoms with Gasteiger partial charge in [-0.15, -0.1) is 0 Å². The molecule has 4 aromatic rings. The van der Waals surface area contributed by atoms with Crippen LogP contribution >= 0.6 is 0 Å². The van der Waals surface area contributed by atoms with Crippen molar-refractivity contribution in [2.45, 2.75) is 146 Å². The van der Waals surface area contributed by atoms with Gasteiger partial charge in [0.1, 0.15) is 23.7 Å². The van der Waals surface area contributed by atoms with Crippen molar-refractivity contribution >= 4 is 24.0 Å². The first-order valence-corrected chi connectivity index (χ1v) is 24.1. The van der Waals surface area contributed by atoms with Gasteiger partial charge in [-0.1, -0.05) is 76.9 Å². The third-order valence-electron chi connectivity index (χ3n) is 16.3. The number of imidazole rings is 2. The first-order valence-electron chi connectivity index (χ1n) is 24.1. The highest BCUT2D eigenvalue weighted by atomic mass is 16.5. The molecule has 1 spiro atoms. The number of nitrogens with zero attached hydrogens (tertiary/aromatic N) is 4. The summed E-state index contributed by atoms with van der Waals surface area (Å²) in [6.07, 6.45) is 15.6. The Balaban J connectivity index is 0.923. The molecule has 4 unspecified atom stereocenters. The van der Waals surface area contributed by atoms with Crippen LogP contribution in [0.4, 0.5) is 9.59 Å². The number of methoxy groups -OCH3 is 2. The highest BCUT2D eigenvalue weighted by Crippen LogP contribution is 2.56. The molecule has 6 aliphatic rings. The zero-order valence-corrected chi connectivity index (χ0v) is 38.6. The van der Waals surface area contributed by atoms with Crippen LogP contribution in [0.15, 0.2) is 48.8 Å². The summed E-state index contributed by atoms with van der Waals surface area (Å²) >= 11 is 0. The Hall–Kier alpha value is -5.66. The molecule has 3 saturated carbocycles. The van der Waals surface area contributed by atoms with E-state index in [4.69, 9.17) is 19.4 Å². The van der Waals surface area contributed by atoms with E-state index in [1.807, 2.05) is 49.9 Å². The third kappa shape index (κ3) is 7.39. The van der Waals surface area contributed by atoms with Crippen molar-refractivity contribution in [3.63, 3.8) is 0 Å². The molecule has 4 amide bonds. The summed E-state index contributed by atoms with van der Waals surface area (Å²) in [5, 5.41) is 5.59. The number of aromatic amines is 2. The molecule has 14 heteroatoms. The van der Waals surface area contributed by atoms with Crippen LogP contribution in [0, 0.1) is 23.7 Å². The fourth-order valence-electron chi connectivity index (χ4n) is 13.2. The molecule has 4 heterocycles. The van der Waals surface area contributed by atoms with Gasteiger partial charge in [0.05, 0.1) is 50.1 Å². The molecule has 5 fully saturated rings. The summed E-state index contributed by atoms with van der Waals surface area (Å²) in [4.78, 5) is 74.1. The monoisotopic (exact) mass is 884 g/mol. The van der Waals surface area contributed by atoms with Crippen LogP contribution in [0.3, 0.4) is 0 Å². The van der Waals surface area contributed by atoms with Crippen LogP contribution in [-0.2, 0) is 30.9 Å². The maximum Gasteiger partial charge on any atom is 0.407 e. The summed E-state index contributed by atoms with van der Waals surface area (Å²) in [6, 6.07) is 11.9. The molecule has 4 aliphatic carbocycles. The number of aromatic nitrogens is 4. The van der Waals surface area contributed by atoms with E-state index < -0.39 is 24.3 Å². The molecule has 4 bridgehead atoms. The third-order valence-corrected chi connectivity index (χ3v) is 16.3. The van der Waals surface area contributed by atoms with Crippen molar-refractivity contribution in [1.82, 2.24) is 40.4 Å². The molecule has 2 aromatic heterocycles. The lowest BCUT2D eigenvalue weighted by Crippen LogP contribution is -2.54. The van der Waals surface area contributed by atoms with E-state index in [0.29, 0.717) is 11.8 Å². The van der Waals surface area contributed by atoms with E-state index in [2.05, 4.69) is 57.0 Å². The largest absolute Gasteiger partial charge is 0.453 e. The van der Waals surface area contributed by atoms with Crippen LogP contribution in [0.5, 0.6) is 0 Å². The lowest BCUT2D eigenvalue weighted by atomic mass is 9.76. The topological polar surface area (TPSA) is 175 Å². The average Bonchev–Trinajstić information content (AvgIpc) is 4.18. The quantitative estimate of drug-likeness (QED) is 0.116. The van der Waals surface area contributed by atoms with Crippen LogP contribution in [0.25, 0.3) is 33.6 Å². The number of alkyl carbamates (subject to hydrolysis) is 2. The Morgan fingerprint density at radius 3 is 1.68 bits per heavy atom. The van der Waals surface area contributed by atoms with Crippen LogP contribution < -0.4 is 10.6 Å². The molecule has 10 rings (SSSR count). The van der Waals surface area contributed by atoms with Gasteiger partial charge in [0.2, 0.25) is 11.8 Å². The Bertz CT molecular complexity index is 2470. The van der Waals surface area contributed by atoms with Gasteiger partial charge in [-0.2, -0.15) is 0 Å². The molecule has 2 saturated heterocycles. The predicted molar refractivity (Wildman–Crippen MR) is 245 cm³/mol. The summed E-state index contributed by atoms with van der Waals surface area (Å²) in [7, 11) is 2.64. The zero-order valence-electron chi connectivity index (χ0n) is 38.6. The normalized spacial score (nSPS) is 25.7. The minimum atomic E-state index is -0.681. The van der Waals surface area contributed by atoms with E-state index in [9.17, 15) is 19.2 Å². The number of hydrogen-bond donors (Lipinski definition) is 4. The number of amides is 4. The number of likely N-dealkylation sites (tertiary alicyclic amines) is 2. The van der Waals surface area contributed by atoms with Crippen molar-refractivity contribution in [2.75, 3.05) is 14.2 Å². The first-order chi connectivity index (χ1) is 31.4. The second-order valence-electron chi connectivity index (χ2n) is 20.5. The average molecular weight is 885 g/mol. The SMILES string of the molecule is COC(=O)N[C@H](C(=O)N1C2CCC(C2)[C@H]1c1ncc(-c2ccc(-c3ccc(-c4cnc([C@@H]5C6CCC(C6)N5C(=O)[C@@H](NC(=O)OC)C(C)C)[nH]4)c4c3C3(CCCC3)CC4)cc2)[nH]1)C(C)C. The second kappa shape index (κ2) is 17.0. The summed E-state index contributed by atoms with van der Waals surface area (Å²) in [5.41, 5.74) is 9.63. The molecule has 65 heavy (non-hydrogen) atoms. The van der Waals surface area contributed by atoms with E-state index in [1.54, 1.807) is 0 Å². The Morgan fingerprint density at radius 2 is 1.15 bits per heavy atom. The number of carbonyl (C=O) groups excluding carboxylic acids is 4. The number of H-pyrrole nitrogens is 2. The molecule has 2 aliphatic heterocycles. The van der Waals surface area contributed by atoms with Crippen LogP contribution in [0.1, 0.15) is 133 Å². The van der Waals surface area contributed by atoms with Gasteiger partial charge < -0.3 is 39.9 Å². The van der Waals surface area contributed by atoms with Crippen molar-refractivity contribution in [3.05, 3.63) is 71.6 Å². The van der Waals surface area contributed by atoms with Gasteiger partial charge in [-0.05, 0) is 121 Å². The van der Waals surface area contributed by atoms with Crippen molar-refractivity contribution in [3.8, 4) is 33.6 Å². The Kier molecular flexibility index (Phi) is 11.3. The van der Waals surface area contributed by atoms with E-state index in [-0.39, 0.29) is 53.2 Å². The number of fused-ring (bicyclic) bond motifs is 6. The number of benzene rings is 2. The number of ether oxygens (including phenoxy) is 2. The van der Waals surface area contributed by atoms with Gasteiger partial charge in [-0.3, -0.25) is 9.59 Å². The van der Waals surface area contributed by atoms with E-state index in [1.165, 1.54) is 67.7 Å². The summed E-state index contributed by atoms with van der Waals surface area (Å²) < 4.78 is 9.76. The maximum atomic E-state index is 14.2. The summed E-state index contributed by atoms with van der Waals surface area (Å²) in [5.74, 6) is 1.89. The van der Waals surface area contributed by atoms with Gasteiger partial charge in [0.15, 0.2) is 0 Å². The maximum absolute atomic E-state index is 14.2. The fourth-order valence-corrected chi connectivity index (χ4v) is 13.2. The Morgan fingerprint density at radius 1 is 0.662 bits per heavy atom. The van der Waals surface area contributed by atoms with Crippen LogP contribution in [-0.4, -0.2) is 92.1 Å². The number of nitrogens with one attached hydrogen (secondary N) is 4. The summed E-state index contributed by atoms with van der Waals surface area (Å²) in [6.45, 7) is 7.79. The number of rotatable bonds is 11. The van der Waals surface area contributed by atoms with Crippen LogP contribution in [0.2, 0.25) is 0 Å². The van der Waals surface area contributed by atoms with Gasteiger partial charge in [0, 0.05) is 17.6 Å². The number of piperidine rings is 2. The lowest BCUT2D eigenvalue weighted by molar-refractivity contribution is -0.140. The first kappa shape index (κ1) is 43.2. The molecular weight excluding hydrogens is 821 g/mol. The van der Waals surface area contributed by atoms with Crippen molar-refractivity contribution in [1.29, 1.82) is 0 Å². The van der Waals surface area contributed by atoms with Crippen molar-refractivity contribution in [2.24, 2.45) is 23.7 Å². The van der Waals surface area contributed by atoms with E-state index in [0.717, 1.165) is 80.0 Å². The molecule has 8 atom stereocenters. The molecular formula is C51H64N8O6. The minimum absolute atomic E-state index is 0.0710. The molecule has 0 radical (unpaired) electrons. The standard InChI is InChI=1S/C51H64N8O6/c1-27(2)41(56-49(62)64-5)47(60)58-33-15-13-31(23-33)43(58)45-52-25-38(54-45)30-11-9-29(10-12-30)35-17-18-36(37-19-22-51(40(35)37)20-7-8-21-51)39-26-53-46(55-39)44-32-14-16-34(24-32)59(44)48(61)42(28(3)4)57-50(63)65-6/h9-12,17-18,25-28,31-34,41-44H,7-8,13-16,19-24H2,1-6H3,(H,52,54)(H,53,55)(H,56,62)(H,57,63)/t31?,32?,33?,34?,41-,42-,43-,44-/m0/s1. The molecule has 14 nitrogen and oxygen atoms in total. The molecule has 344 valence electrons. The lowest BCUT2D eigenvalue weighted by Gasteiger charge is -2.37. The smallest absolute Gasteiger partial charge is 0.407 e. The minimum Gasteiger partial charge on any atom is -0.453 e. The highest BCUT2D eigenvalue weighted by Gasteiger charge is 2.53. The van der Waals surface area contributed by atoms with Crippen molar-refractivity contribution < 1.29 is 28.7 Å². The fraction of sp³-hybridized carbons (Fsp3) is 0.569. The number of carbonyl (C=O) groups is 4. The second-order valence-corrected chi connectivity index (χ2v) is 20.5. The van der Waals surface area contributed by atoms with E-state index >= 15 is 0 Å². The highest BCUT2D eigenvalue weighted by molar-refractivity contribution is 5.88.